The topological polar surface area (TPSA) is 75.9 Å². The highest BCUT2D eigenvalue weighted by Gasteiger charge is 2.38. The average Bonchev–Trinajstić information content (AvgIpc) is 2.93. The van der Waals surface area contributed by atoms with Crippen LogP contribution in [0.3, 0.4) is 0 Å². The van der Waals surface area contributed by atoms with Crippen LogP contribution in [0.25, 0.3) is 0 Å². The summed E-state index contributed by atoms with van der Waals surface area (Å²) in [5.74, 6) is -0.929. The lowest BCUT2D eigenvalue weighted by Crippen LogP contribution is -2.44. The number of ether oxygens (including phenoxy) is 1. The van der Waals surface area contributed by atoms with Gasteiger partial charge in [-0.05, 0) is 18.6 Å². The Balaban J connectivity index is 0.00000288. The third-order valence-corrected chi connectivity index (χ3v) is 4.18. The van der Waals surface area contributed by atoms with Gasteiger partial charge in [0.1, 0.15) is 11.9 Å². The van der Waals surface area contributed by atoms with Crippen molar-refractivity contribution in [1.29, 1.82) is 0 Å². The van der Waals surface area contributed by atoms with Gasteiger partial charge in [-0.15, -0.1) is 12.4 Å². The van der Waals surface area contributed by atoms with Crippen molar-refractivity contribution in [2.75, 3.05) is 32.1 Å². The van der Waals surface area contributed by atoms with Crippen LogP contribution in [0, 0.1) is 5.82 Å². The predicted molar refractivity (Wildman–Crippen MR) is 91.6 cm³/mol. The van der Waals surface area contributed by atoms with E-state index in [1.165, 1.54) is 23.0 Å². The van der Waals surface area contributed by atoms with Crippen LogP contribution in [0.1, 0.15) is 12.8 Å². The summed E-state index contributed by atoms with van der Waals surface area (Å²) in [6.45, 7) is 0.614. The summed E-state index contributed by atoms with van der Waals surface area (Å²) in [7, 11) is 3.07. The number of likely N-dealkylation sites (N-methyl/N-ethyl adjacent to an activating group) is 1. The largest absolute Gasteiger partial charge is 0.380 e. The molecule has 1 fully saturated rings. The molecule has 0 spiro atoms. The smallest absolute Gasteiger partial charge is 0.249 e. The van der Waals surface area contributed by atoms with Gasteiger partial charge in [-0.2, -0.15) is 0 Å². The standard InChI is InChI=1S/C16H22FN3O3.ClH/c1-19(15(21)9-11(10-18)23-2)14-7-8-20(16(14)22)13-6-4-3-5-12(13)17;/h3-6,11,14H,7-10,18H2,1-2H3;1H. The van der Waals surface area contributed by atoms with Crippen LogP contribution in [0.2, 0.25) is 0 Å². The van der Waals surface area contributed by atoms with Crippen LogP contribution in [-0.2, 0) is 14.3 Å². The number of carbonyl (C=O) groups is 2. The van der Waals surface area contributed by atoms with Crippen molar-refractivity contribution in [3.63, 3.8) is 0 Å². The van der Waals surface area contributed by atoms with Crippen molar-refractivity contribution < 1.29 is 18.7 Å². The van der Waals surface area contributed by atoms with Gasteiger partial charge in [0.2, 0.25) is 11.8 Å². The fraction of sp³-hybridized carbons (Fsp3) is 0.500. The van der Waals surface area contributed by atoms with E-state index in [-0.39, 0.29) is 49.0 Å². The first kappa shape index (κ1) is 20.3. The minimum atomic E-state index is -0.586. The Kier molecular flexibility index (Phi) is 7.59. The molecule has 2 amide bonds. The molecule has 1 aliphatic rings. The van der Waals surface area contributed by atoms with E-state index in [0.29, 0.717) is 13.0 Å². The molecule has 2 atom stereocenters. The zero-order valence-electron chi connectivity index (χ0n) is 13.8. The maximum Gasteiger partial charge on any atom is 0.249 e. The van der Waals surface area contributed by atoms with E-state index in [9.17, 15) is 14.0 Å². The summed E-state index contributed by atoms with van der Waals surface area (Å²) in [6, 6.07) is 5.54. The van der Waals surface area contributed by atoms with Crippen molar-refractivity contribution in [2.45, 2.75) is 25.0 Å². The quantitative estimate of drug-likeness (QED) is 0.827. The van der Waals surface area contributed by atoms with Crippen molar-refractivity contribution in [1.82, 2.24) is 4.90 Å². The minimum Gasteiger partial charge on any atom is -0.380 e. The van der Waals surface area contributed by atoms with Crippen molar-refractivity contribution in [2.24, 2.45) is 5.73 Å². The molecule has 1 aromatic rings. The highest BCUT2D eigenvalue weighted by molar-refractivity contribution is 6.01. The van der Waals surface area contributed by atoms with Gasteiger partial charge in [0.15, 0.2) is 0 Å². The summed E-state index contributed by atoms with van der Waals surface area (Å²) < 4.78 is 19.0. The van der Waals surface area contributed by atoms with E-state index in [1.54, 1.807) is 25.2 Å². The number of nitrogens with zero attached hydrogens (tertiary/aromatic N) is 2. The number of nitrogens with two attached hydrogens (primary N) is 1. The molecular weight excluding hydrogens is 337 g/mol. The lowest BCUT2D eigenvalue weighted by atomic mass is 10.1. The maximum absolute atomic E-state index is 13.9. The molecule has 1 heterocycles. The molecule has 0 saturated carbocycles. The van der Waals surface area contributed by atoms with Crippen LogP contribution in [0.5, 0.6) is 0 Å². The maximum atomic E-state index is 13.9. The molecule has 2 rings (SSSR count). The second-order valence-corrected chi connectivity index (χ2v) is 5.55. The lowest BCUT2D eigenvalue weighted by molar-refractivity contribution is -0.138. The number of rotatable bonds is 6. The highest BCUT2D eigenvalue weighted by atomic mass is 35.5. The first-order valence-electron chi connectivity index (χ1n) is 7.54. The summed E-state index contributed by atoms with van der Waals surface area (Å²) in [4.78, 5) is 27.6. The number of amides is 2. The van der Waals surface area contributed by atoms with Gasteiger partial charge in [-0.25, -0.2) is 4.39 Å². The molecule has 6 nitrogen and oxygen atoms in total. The lowest BCUT2D eigenvalue weighted by Gasteiger charge is -2.25. The molecule has 0 radical (unpaired) electrons. The first-order valence-corrected chi connectivity index (χ1v) is 7.54. The molecular formula is C16H23ClFN3O3. The first-order chi connectivity index (χ1) is 11.0. The van der Waals surface area contributed by atoms with Crippen LogP contribution in [0.15, 0.2) is 24.3 Å². The van der Waals surface area contributed by atoms with E-state index in [2.05, 4.69) is 0 Å². The molecule has 8 heteroatoms. The molecule has 0 aliphatic carbocycles. The van der Waals surface area contributed by atoms with E-state index >= 15 is 0 Å². The number of halogens is 2. The number of carbonyl (C=O) groups excluding carboxylic acids is 2. The second kappa shape index (κ2) is 8.96. The molecule has 2 unspecified atom stereocenters. The Morgan fingerprint density at radius 2 is 2.17 bits per heavy atom. The van der Waals surface area contributed by atoms with Gasteiger partial charge in [0, 0.05) is 27.2 Å². The average molecular weight is 360 g/mol. The van der Waals surface area contributed by atoms with Gasteiger partial charge in [0.25, 0.3) is 0 Å². The molecule has 2 N–H and O–H groups in total. The summed E-state index contributed by atoms with van der Waals surface area (Å²) in [5.41, 5.74) is 5.76. The van der Waals surface area contributed by atoms with E-state index in [0.717, 1.165) is 0 Å². The normalized spacial score (nSPS) is 18.2. The number of benzene rings is 1. The van der Waals surface area contributed by atoms with Gasteiger partial charge < -0.3 is 20.3 Å². The number of hydrogen-bond acceptors (Lipinski definition) is 4. The van der Waals surface area contributed by atoms with Gasteiger partial charge in [0.05, 0.1) is 18.2 Å². The van der Waals surface area contributed by atoms with Crippen molar-refractivity contribution >= 4 is 29.9 Å². The van der Waals surface area contributed by atoms with Gasteiger partial charge in [-0.1, -0.05) is 12.1 Å². The van der Waals surface area contributed by atoms with Crippen LogP contribution in [0.4, 0.5) is 10.1 Å². The number of hydrogen-bond donors (Lipinski definition) is 1. The zero-order chi connectivity index (χ0) is 17.0. The molecule has 0 bridgehead atoms. The van der Waals surface area contributed by atoms with Crippen LogP contribution >= 0.6 is 12.4 Å². The Morgan fingerprint density at radius 1 is 1.50 bits per heavy atom. The third-order valence-electron chi connectivity index (χ3n) is 4.18. The summed E-state index contributed by atoms with van der Waals surface area (Å²) in [5, 5.41) is 0. The highest BCUT2D eigenvalue weighted by Crippen LogP contribution is 2.26. The third kappa shape index (κ3) is 4.23. The monoisotopic (exact) mass is 359 g/mol. The Bertz CT molecular complexity index is 583. The van der Waals surface area contributed by atoms with Crippen LogP contribution < -0.4 is 10.6 Å². The van der Waals surface area contributed by atoms with Crippen molar-refractivity contribution in [3.8, 4) is 0 Å². The van der Waals surface area contributed by atoms with Gasteiger partial charge in [-0.3, -0.25) is 9.59 Å². The van der Waals surface area contributed by atoms with E-state index in [4.69, 9.17) is 10.5 Å². The number of methoxy groups -OCH3 is 1. The van der Waals surface area contributed by atoms with Gasteiger partial charge >= 0.3 is 0 Å². The zero-order valence-corrected chi connectivity index (χ0v) is 14.6. The fourth-order valence-electron chi connectivity index (χ4n) is 2.71. The molecule has 0 aromatic heterocycles. The molecule has 134 valence electrons. The van der Waals surface area contributed by atoms with Crippen LogP contribution in [-0.4, -0.2) is 56.1 Å². The van der Waals surface area contributed by atoms with E-state index < -0.39 is 11.9 Å². The molecule has 1 aromatic carbocycles. The van der Waals surface area contributed by atoms with Crippen molar-refractivity contribution in [3.05, 3.63) is 30.1 Å². The minimum absolute atomic E-state index is 0. The predicted octanol–water partition coefficient (Wildman–Crippen LogP) is 1.18. The Labute approximate surface area is 147 Å². The number of para-hydroxylation sites is 1. The summed E-state index contributed by atoms with van der Waals surface area (Å²) in [6.07, 6.45) is 0.215. The fourth-order valence-corrected chi connectivity index (χ4v) is 2.71. The molecule has 24 heavy (non-hydrogen) atoms. The van der Waals surface area contributed by atoms with E-state index in [1.807, 2.05) is 0 Å². The molecule has 1 saturated heterocycles. The Morgan fingerprint density at radius 3 is 2.75 bits per heavy atom. The Hall–Kier alpha value is -1.70. The second-order valence-electron chi connectivity index (χ2n) is 5.55. The summed E-state index contributed by atoms with van der Waals surface area (Å²) >= 11 is 0. The molecule has 1 aliphatic heterocycles. The SMILES string of the molecule is COC(CN)CC(=O)N(C)C1CCN(c2ccccc2F)C1=O.Cl. The number of anilines is 1.